The average Bonchev–Trinajstić information content (AvgIpc) is 1.94. The van der Waals surface area contributed by atoms with Crippen molar-refractivity contribution in [3.8, 4) is 0 Å². The topological polar surface area (TPSA) is 20.2 Å². The van der Waals surface area contributed by atoms with Gasteiger partial charge >= 0.3 is 0 Å². The van der Waals surface area contributed by atoms with Gasteiger partial charge in [0.1, 0.15) is 5.82 Å². The van der Waals surface area contributed by atoms with Crippen LogP contribution >= 0.6 is 11.6 Å². The summed E-state index contributed by atoms with van der Waals surface area (Å²) >= 11 is 5.57. The van der Waals surface area contributed by atoms with Crippen LogP contribution in [0.15, 0.2) is 18.2 Å². The largest absolute Gasteiger partial charge is 0.392 e. The Balaban J connectivity index is 3.09. The third-order valence-electron chi connectivity index (χ3n) is 1.18. The Labute approximate surface area is 63.1 Å². The molecule has 0 saturated carbocycles. The summed E-state index contributed by atoms with van der Waals surface area (Å²) in [5.74, 6) is -0.381. The normalized spacial score (nSPS) is 9.90. The van der Waals surface area contributed by atoms with E-state index in [2.05, 4.69) is 0 Å². The number of hydrogen-bond acceptors (Lipinski definition) is 1. The Morgan fingerprint density at radius 3 is 2.70 bits per heavy atom. The zero-order chi connectivity index (χ0) is 7.56. The fourth-order valence-corrected chi connectivity index (χ4v) is 0.842. The summed E-state index contributed by atoms with van der Waals surface area (Å²) in [6, 6.07) is 3.88. The van der Waals surface area contributed by atoms with Gasteiger partial charge in [-0.2, -0.15) is 0 Å². The van der Waals surface area contributed by atoms with Gasteiger partial charge in [0.15, 0.2) is 0 Å². The van der Waals surface area contributed by atoms with Crippen molar-refractivity contribution >= 4 is 11.6 Å². The maximum atomic E-state index is 12.4. The molecule has 0 amide bonds. The van der Waals surface area contributed by atoms with E-state index < -0.39 is 0 Å². The highest BCUT2D eigenvalue weighted by Gasteiger charge is 1.98. The standard InChI is InChI=1S/C7H6ClFO/c8-7-2-1-6(9)3-5(7)4-10/h1-3,10H,4H2. The average molecular weight is 161 g/mol. The van der Waals surface area contributed by atoms with E-state index in [0.717, 1.165) is 0 Å². The Hall–Kier alpha value is -0.600. The molecule has 3 heteroatoms. The molecule has 0 spiro atoms. The van der Waals surface area contributed by atoms with Crippen molar-refractivity contribution in [2.24, 2.45) is 0 Å². The first-order valence-corrected chi connectivity index (χ1v) is 3.16. The fraction of sp³-hybridized carbons (Fsp3) is 0.143. The highest BCUT2D eigenvalue weighted by molar-refractivity contribution is 6.31. The van der Waals surface area contributed by atoms with Crippen LogP contribution in [0.3, 0.4) is 0 Å². The van der Waals surface area contributed by atoms with Gasteiger partial charge in [-0.15, -0.1) is 0 Å². The molecule has 1 N–H and O–H groups in total. The molecule has 1 rings (SSSR count). The lowest BCUT2D eigenvalue weighted by atomic mass is 10.2. The molecule has 0 saturated heterocycles. The molecular formula is C7H6ClFO. The van der Waals surface area contributed by atoms with Crippen LogP contribution in [-0.4, -0.2) is 5.11 Å². The number of aliphatic hydroxyl groups excluding tert-OH is 1. The summed E-state index contributed by atoms with van der Waals surface area (Å²) in [5, 5.41) is 8.98. The zero-order valence-corrected chi connectivity index (χ0v) is 5.90. The van der Waals surface area contributed by atoms with Gasteiger partial charge in [-0.1, -0.05) is 11.6 Å². The van der Waals surface area contributed by atoms with E-state index in [1.807, 2.05) is 0 Å². The quantitative estimate of drug-likeness (QED) is 0.666. The molecule has 0 atom stereocenters. The Morgan fingerprint density at radius 1 is 1.50 bits per heavy atom. The van der Waals surface area contributed by atoms with E-state index in [1.165, 1.54) is 18.2 Å². The van der Waals surface area contributed by atoms with E-state index in [-0.39, 0.29) is 12.4 Å². The number of aliphatic hydroxyl groups is 1. The molecule has 1 aromatic carbocycles. The van der Waals surface area contributed by atoms with Gasteiger partial charge < -0.3 is 5.11 Å². The molecule has 0 aliphatic carbocycles. The zero-order valence-electron chi connectivity index (χ0n) is 5.14. The van der Waals surface area contributed by atoms with Crippen LogP contribution in [-0.2, 0) is 6.61 Å². The molecule has 0 fully saturated rings. The Kier molecular flexibility index (Phi) is 2.25. The van der Waals surface area contributed by atoms with Gasteiger partial charge in [-0.3, -0.25) is 0 Å². The minimum Gasteiger partial charge on any atom is -0.392 e. The van der Waals surface area contributed by atoms with Crippen molar-refractivity contribution in [1.29, 1.82) is 0 Å². The first-order chi connectivity index (χ1) is 4.74. The lowest BCUT2D eigenvalue weighted by Crippen LogP contribution is -1.85. The van der Waals surface area contributed by atoms with Crippen LogP contribution in [0.2, 0.25) is 5.02 Å². The maximum absolute atomic E-state index is 12.4. The summed E-state index contributed by atoms with van der Waals surface area (Å²) in [5.41, 5.74) is 0.418. The van der Waals surface area contributed by atoms with Crippen molar-refractivity contribution in [3.63, 3.8) is 0 Å². The number of rotatable bonds is 1. The van der Waals surface area contributed by atoms with E-state index in [1.54, 1.807) is 0 Å². The van der Waals surface area contributed by atoms with Gasteiger partial charge in [0, 0.05) is 5.02 Å². The van der Waals surface area contributed by atoms with Gasteiger partial charge in [-0.05, 0) is 23.8 Å². The summed E-state index contributed by atoms with van der Waals surface area (Å²) in [6.45, 7) is -0.226. The molecule has 1 nitrogen and oxygen atoms in total. The van der Waals surface area contributed by atoms with Crippen molar-refractivity contribution in [1.82, 2.24) is 0 Å². The molecule has 0 bridgehead atoms. The van der Waals surface area contributed by atoms with E-state index >= 15 is 0 Å². The van der Waals surface area contributed by atoms with Crippen LogP contribution < -0.4 is 0 Å². The van der Waals surface area contributed by atoms with Crippen LogP contribution in [0.25, 0.3) is 0 Å². The molecule has 0 aliphatic heterocycles. The SMILES string of the molecule is OCc1cc(F)ccc1Cl. The molecule has 0 unspecified atom stereocenters. The van der Waals surface area contributed by atoms with Crippen molar-refractivity contribution in [2.75, 3.05) is 0 Å². The highest BCUT2D eigenvalue weighted by atomic mass is 35.5. The second kappa shape index (κ2) is 2.99. The Morgan fingerprint density at radius 2 is 2.20 bits per heavy atom. The second-order valence-electron chi connectivity index (χ2n) is 1.89. The molecule has 0 radical (unpaired) electrons. The van der Waals surface area contributed by atoms with Crippen LogP contribution in [0, 0.1) is 5.82 Å². The van der Waals surface area contributed by atoms with E-state index in [9.17, 15) is 4.39 Å². The fourth-order valence-electron chi connectivity index (χ4n) is 0.664. The minimum absolute atomic E-state index is 0.226. The minimum atomic E-state index is -0.381. The maximum Gasteiger partial charge on any atom is 0.123 e. The van der Waals surface area contributed by atoms with Crippen molar-refractivity contribution in [3.05, 3.63) is 34.6 Å². The van der Waals surface area contributed by atoms with Crippen molar-refractivity contribution < 1.29 is 9.50 Å². The molecule has 0 heterocycles. The third kappa shape index (κ3) is 1.46. The predicted octanol–water partition coefficient (Wildman–Crippen LogP) is 1.97. The molecule has 54 valence electrons. The number of hydrogen-bond donors (Lipinski definition) is 1. The van der Waals surface area contributed by atoms with Gasteiger partial charge in [0.2, 0.25) is 0 Å². The number of halogens is 2. The molecule has 0 aromatic heterocycles. The smallest absolute Gasteiger partial charge is 0.123 e. The lowest BCUT2D eigenvalue weighted by Gasteiger charge is -1.97. The molecule has 10 heavy (non-hydrogen) atoms. The van der Waals surface area contributed by atoms with Crippen LogP contribution in [0.4, 0.5) is 4.39 Å². The first kappa shape index (κ1) is 7.51. The lowest BCUT2D eigenvalue weighted by molar-refractivity contribution is 0.281. The second-order valence-corrected chi connectivity index (χ2v) is 2.30. The molecule has 1 aromatic rings. The summed E-state index contributed by atoms with van der Waals surface area (Å²) < 4.78 is 12.4. The number of benzene rings is 1. The monoisotopic (exact) mass is 160 g/mol. The predicted molar refractivity (Wildman–Crippen MR) is 37.3 cm³/mol. The van der Waals surface area contributed by atoms with Gasteiger partial charge in [-0.25, -0.2) is 4.39 Å². The van der Waals surface area contributed by atoms with Gasteiger partial charge in [0.25, 0.3) is 0 Å². The summed E-state index contributed by atoms with van der Waals surface area (Å²) in [4.78, 5) is 0. The first-order valence-electron chi connectivity index (χ1n) is 2.79. The van der Waals surface area contributed by atoms with E-state index in [0.29, 0.717) is 10.6 Å². The molecular weight excluding hydrogens is 155 g/mol. The molecule has 0 aliphatic rings. The summed E-state index contributed by atoms with van der Waals surface area (Å²) in [7, 11) is 0. The van der Waals surface area contributed by atoms with Crippen LogP contribution in [0.1, 0.15) is 5.56 Å². The Bertz CT molecular complexity index is 237. The summed E-state index contributed by atoms with van der Waals surface area (Å²) in [6.07, 6.45) is 0. The van der Waals surface area contributed by atoms with Crippen molar-refractivity contribution in [2.45, 2.75) is 6.61 Å². The third-order valence-corrected chi connectivity index (χ3v) is 1.55. The van der Waals surface area contributed by atoms with Crippen LogP contribution in [0.5, 0.6) is 0 Å². The van der Waals surface area contributed by atoms with Gasteiger partial charge in [0.05, 0.1) is 6.61 Å². The van der Waals surface area contributed by atoms with E-state index in [4.69, 9.17) is 16.7 Å². The highest BCUT2D eigenvalue weighted by Crippen LogP contribution is 2.16.